The highest BCUT2D eigenvalue weighted by Gasteiger charge is 2.33. The highest BCUT2D eigenvalue weighted by molar-refractivity contribution is 6.31. The number of nitrogens with one attached hydrogen (secondary N) is 1. The van der Waals surface area contributed by atoms with Crippen molar-refractivity contribution < 1.29 is 36.5 Å². The molecule has 4 aromatic rings. The third kappa shape index (κ3) is 6.60. The average Bonchev–Trinajstić information content (AvgIpc) is 2.84. The molecular weight excluding hydrogens is 535 g/mol. The monoisotopic (exact) mass is 552 g/mol. The molecule has 0 fully saturated rings. The maximum Gasteiger partial charge on any atom is 0.417 e. The van der Waals surface area contributed by atoms with Gasteiger partial charge in [-0.25, -0.2) is 13.8 Å². The summed E-state index contributed by atoms with van der Waals surface area (Å²) in [4.78, 5) is 18.7. The standard InChI is InChI=1S/C26H18ClF5N2O4/c27-21-6-5-18(12-20(21)26(30,31)32)38-17-3-1-14(2-4-17)7-8-37-25-33-13-15(24(36)34-25)9-19-22(29)10-16(28)11-23(19)35/h1-6,10-13,35H,7-9H2,(H,33,34,36). The van der Waals surface area contributed by atoms with E-state index in [-0.39, 0.29) is 35.9 Å². The predicted molar refractivity (Wildman–Crippen MR) is 128 cm³/mol. The normalized spacial score (nSPS) is 11.4. The van der Waals surface area contributed by atoms with Gasteiger partial charge >= 0.3 is 6.18 Å². The lowest BCUT2D eigenvalue weighted by Gasteiger charge is -2.12. The maximum absolute atomic E-state index is 13.9. The number of nitrogens with zero attached hydrogens (tertiary/aromatic N) is 1. The number of benzene rings is 3. The Morgan fingerprint density at radius 1 is 1.00 bits per heavy atom. The molecule has 38 heavy (non-hydrogen) atoms. The number of alkyl halides is 3. The summed E-state index contributed by atoms with van der Waals surface area (Å²) in [6, 6.07) is 11.1. The largest absolute Gasteiger partial charge is 0.507 e. The van der Waals surface area contributed by atoms with Crippen molar-refractivity contribution in [3.8, 4) is 23.3 Å². The second-order valence-corrected chi connectivity index (χ2v) is 8.50. The summed E-state index contributed by atoms with van der Waals surface area (Å²) in [7, 11) is 0. The van der Waals surface area contributed by atoms with Crippen molar-refractivity contribution in [1.82, 2.24) is 9.97 Å². The van der Waals surface area contributed by atoms with E-state index >= 15 is 0 Å². The van der Waals surface area contributed by atoms with Gasteiger partial charge in [-0.15, -0.1) is 0 Å². The van der Waals surface area contributed by atoms with Gasteiger partial charge in [0.2, 0.25) is 0 Å². The lowest BCUT2D eigenvalue weighted by Crippen LogP contribution is -2.16. The van der Waals surface area contributed by atoms with Gasteiger partial charge in [-0.05, 0) is 35.9 Å². The molecule has 0 spiro atoms. The Kier molecular flexibility index (Phi) is 7.86. The molecule has 1 aromatic heterocycles. The topological polar surface area (TPSA) is 84.4 Å². The van der Waals surface area contributed by atoms with E-state index in [1.54, 1.807) is 24.3 Å². The summed E-state index contributed by atoms with van der Waals surface area (Å²) in [5.74, 6) is -2.25. The van der Waals surface area contributed by atoms with E-state index in [0.29, 0.717) is 18.2 Å². The van der Waals surface area contributed by atoms with Crippen LogP contribution >= 0.6 is 11.6 Å². The molecule has 0 aliphatic carbocycles. The van der Waals surface area contributed by atoms with Crippen molar-refractivity contribution in [3.63, 3.8) is 0 Å². The van der Waals surface area contributed by atoms with Crippen LogP contribution < -0.4 is 15.0 Å². The first-order valence-electron chi connectivity index (χ1n) is 11.0. The van der Waals surface area contributed by atoms with Crippen LogP contribution in [0.2, 0.25) is 5.02 Å². The summed E-state index contributed by atoms with van der Waals surface area (Å²) in [5.41, 5.74) is -1.000. The Morgan fingerprint density at radius 3 is 2.37 bits per heavy atom. The highest BCUT2D eigenvalue weighted by Crippen LogP contribution is 2.37. The molecule has 4 rings (SSSR count). The SMILES string of the molecule is O=c1[nH]c(OCCc2ccc(Oc3ccc(Cl)c(C(F)(F)F)c3)cc2)ncc1Cc1c(O)cc(F)cc1F. The van der Waals surface area contributed by atoms with Crippen molar-refractivity contribution in [2.45, 2.75) is 19.0 Å². The summed E-state index contributed by atoms with van der Waals surface area (Å²) in [5, 5.41) is 9.33. The van der Waals surface area contributed by atoms with E-state index in [1.165, 1.54) is 12.3 Å². The van der Waals surface area contributed by atoms with E-state index < -0.39 is 39.7 Å². The van der Waals surface area contributed by atoms with Gasteiger partial charge in [0, 0.05) is 42.3 Å². The summed E-state index contributed by atoms with van der Waals surface area (Å²) >= 11 is 5.62. The Balaban J connectivity index is 1.32. The molecule has 198 valence electrons. The summed E-state index contributed by atoms with van der Waals surface area (Å²) < 4.78 is 77.1. The lowest BCUT2D eigenvalue weighted by molar-refractivity contribution is -0.137. The first kappa shape index (κ1) is 26.9. The van der Waals surface area contributed by atoms with Crippen LogP contribution in [0.25, 0.3) is 0 Å². The zero-order valence-corrected chi connectivity index (χ0v) is 20.0. The number of aromatic amines is 1. The third-order valence-corrected chi connectivity index (χ3v) is 5.72. The molecule has 0 atom stereocenters. The second-order valence-electron chi connectivity index (χ2n) is 8.09. The zero-order chi connectivity index (χ0) is 27.4. The minimum atomic E-state index is -4.61. The Labute approximate surface area is 217 Å². The molecule has 1 heterocycles. The number of H-pyrrole nitrogens is 1. The Bertz CT molecular complexity index is 1480. The molecular formula is C26H18ClF5N2O4. The second kappa shape index (κ2) is 11.1. The molecule has 0 saturated heterocycles. The van der Waals surface area contributed by atoms with Gasteiger partial charge in [0.05, 0.1) is 17.2 Å². The van der Waals surface area contributed by atoms with Crippen molar-refractivity contribution in [3.05, 3.63) is 110 Å². The van der Waals surface area contributed by atoms with E-state index in [4.69, 9.17) is 21.1 Å². The highest BCUT2D eigenvalue weighted by atomic mass is 35.5. The van der Waals surface area contributed by atoms with Gasteiger partial charge in [0.15, 0.2) is 0 Å². The molecule has 0 aliphatic rings. The lowest BCUT2D eigenvalue weighted by atomic mass is 10.1. The van der Waals surface area contributed by atoms with E-state index in [2.05, 4.69) is 9.97 Å². The van der Waals surface area contributed by atoms with Crippen LogP contribution in [0.5, 0.6) is 23.3 Å². The van der Waals surface area contributed by atoms with Crippen molar-refractivity contribution in [2.24, 2.45) is 0 Å². The number of halogens is 6. The van der Waals surface area contributed by atoms with Crippen LogP contribution in [0.4, 0.5) is 22.0 Å². The number of ether oxygens (including phenoxy) is 2. The quantitative estimate of drug-likeness (QED) is 0.246. The zero-order valence-electron chi connectivity index (χ0n) is 19.3. The number of aromatic nitrogens is 2. The molecule has 2 N–H and O–H groups in total. The van der Waals surface area contributed by atoms with Gasteiger partial charge in [-0.3, -0.25) is 9.78 Å². The predicted octanol–water partition coefficient (Wildman–Crippen LogP) is 6.43. The number of hydrogen-bond donors (Lipinski definition) is 2. The number of phenols is 1. The van der Waals surface area contributed by atoms with Gasteiger partial charge < -0.3 is 14.6 Å². The van der Waals surface area contributed by atoms with Gasteiger partial charge in [0.1, 0.15) is 28.9 Å². The minimum absolute atomic E-state index is 0.0198. The number of aromatic hydroxyl groups is 1. The van der Waals surface area contributed by atoms with Gasteiger partial charge in [-0.1, -0.05) is 23.7 Å². The minimum Gasteiger partial charge on any atom is -0.507 e. The molecule has 0 bridgehead atoms. The van der Waals surface area contributed by atoms with Gasteiger partial charge in [0.25, 0.3) is 11.6 Å². The van der Waals surface area contributed by atoms with Gasteiger partial charge in [-0.2, -0.15) is 13.2 Å². The molecule has 3 aromatic carbocycles. The van der Waals surface area contributed by atoms with Crippen LogP contribution in [-0.4, -0.2) is 21.7 Å². The van der Waals surface area contributed by atoms with Crippen LogP contribution in [0.15, 0.2) is 65.6 Å². The van der Waals surface area contributed by atoms with E-state index in [0.717, 1.165) is 23.8 Å². The summed E-state index contributed by atoms with van der Waals surface area (Å²) in [6.07, 6.45) is -3.34. The fourth-order valence-corrected chi connectivity index (χ4v) is 3.70. The Hall–Kier alpha value is -4.12. The number of hydrogen-bond acceptors (Lipinski definition) is 5. The first-order chi connectivity index (χ1) is 18.0. The third-order valence-electron chi connectivity index (χ3n) is 5.39. The van der Waals surface area contributed by atoms with Crippen LogP contribution in [0.3, 0.4) is 0 Å². The fourth-order valence-electron chi connectivity index (χ4n) is 3.47. The molecule has 0 amide bonds. The van der Waals surface area contributed by atoms with Crippen LogP contribution in [0, 0.1) is 11.6 Å². The van der Waals surface area contributed by atoms with Crippen molar-refractivity contribution >= 4 is 11.6 Å². The van der Waals surface area contributed by atoms with E-state index in [9.17, 15) is 31.9 Å². The molecule has 0 saturated carbocycles. The molecule has 6 nitrogen and oxygen atoms in total. The van der Waals surface area contributed by atoms with Crippen molar-refractivity contribution in [2.75, 3.05) is 6.61 Å². The number of rotatable bonds is 8. The fraction of sp³-hybridized carbons (Fsp3) is 0.154. The molecule has 12 heteroatoms. The van der Waals surface area contributed by atoms with Crippen molar-refractivity contribution in [1.29, 1.82) is 0 Å². The average molecular weight is 553 g/mol. The van der Waals surface area contributed by atoms with Crippen LogP contribution in [-0.2, 0) is 19.0 Å². The molecule has 0 radical (unpaired) electrons. The van der Waals surface area contributed by atoms with E-state index in [1.807, 2.05) is 0 Å². The summed E-state index contributed by atoms with van der Waals surface area (Å²) in [6.45, 7) is 0.127. The molecule has 0 aliphatic heterocycles. The maximum atomic E-state index is 13.9. The first-order valence-corrected chi connectivity index (χ1v) is 11.4. The number of phenolic OH excluding ortho intramolecular Hbond substituents is 1. The Morgan fingerprint density at radius 2 is 1.71 bits per heavy atom. The van der Waals surface area contributed by atoms with Crippen LogP contribution in [0.1, 0.15) is 22.3 Å². The molecule has 0 unspecified atom stereocenters. The smallest absolute Gasteiger partial charge is 0.417 e.